The monoisotopic (exact) mass is 810 g/mol. The Morgan fingerprint density at radius 1 is 0.607 bits per heavy atom. The zero-order chi connectivity index (χ0) is 41.4. The Morgan fingerprint density at radius 2 is 1.05 bits per heavy atom. The van der Waals surface area contributed by atoms with Gasteiger partial charge in [0.25, 0.3) is 0 Å². The van der Waals surface area contributed by atoms with Crippen LogP contribution in [0.3, 0.4) is 0 Å². The lowest BCUT2D eigenvalue weighted by Gasteiger charge is -2.25. The van der Waals surface area contributed by atoms with E-state index in [9.17, 15) is 19.4 Å². The van der Waals surface area contributed by atoms with Gasteiger partial charge >= 0.3 is 7.82 Å². The van der Waals surface area contributed by atoms with Crippen molar-refractivity contribution in [3.63, 3.8) is 0 Å². The Morgan fingerprint density at radius 3 is 1.52 bits per heavy atom. The van der Waals surface area contributed by atoms with Gasteiger partial charge in [0.05, 0.1) is 39.9 Å². The van der Waals surface area contributed by atoms with Crippen molar-refractivity contribution < 1.29 is 32.9 Å². The molecule has 0 bridgehead atoms. The van der Waals surface area contributed by atoms with Gasteiger partial charge in [-0.3, -0.25) is 13.8 Å². The number of aliphatic hydroxyl groups excluding tert-OH is 1. The van der Waals surface area contributed by atoms with E-state index in [2.05, 4.69) is 48.7 Å². The van der Waals surface area contributed by atoms with Crippen molar-refractivity contribution in [1.29, 1.82) is 0 Å². The summed E-state index contributed by atoms with van der Waals surface area (Å²) in [5.41, 5.74) is 0. The molecule has 3 atom stereocenters. The molecule has 0 aliphatic heterocycles. The number of quaternary nitrogens is 1. The number of nitrogens with one attached hydrogen (secondary N) is 1. The fraction of sp³-hybridized carbons (Fsp3) is 0.809. The first-order valence-corrected chi connectivity index (χ1v) is 24.5. The molecular weight excluding hydrogens is 719 g/mol. The van der Waals surface area contributed by atoms with Crippen LogP contribution in [0.4, 0.5) is 0 Å². The third-order valence-corrected chi connectivity index (χ3v) is 11.0. The van der Waals surface area contributed by atoms with Crippen molar-refractivity contribution in [2.75, 3.05) is 40.9 Å². The average Bonchev–Trinajstić information content (AvgIpc) is 3.15. The zero-order valence-electron chi connectivity index (χ0n) is 37.1. The molecule has 0 aromatic rings. The van der Waals surface area contributed by atoms with Gasteiger partial charge < -0.3 is 19.8 Å². The largest absolute Gasteiger partial charge is 0.472 e. The summed E-state index contributed by atoms with van der Waals surface area (Å²) in [5, 5.41) is 13.5. The first kappa shape index (κ1) is 54.5. The van der Waals surface area contributed by atoms with Crippen LogP contribution in [0, 0.1) is 0 Å². The Hall–Kier alpha value is -1.54. The van der Waals surface area contributed by atoms with Gasteiger partial charge in [-0.1, -0.05) is 184 Å². The highest BCUT2D eigenvalue weighted by Crippen LogP contribution is 2.43. The van der Waals surface area contributed by atoms with Crippen molar-refractivity contribution in [3.8, 4) is 0 Å². The zero-order valence-corrected chi connectivity index (χ0v) is 38.0. The SMILES string of the molecule is CCC/C=C/C(O)C(COP(=O)(O)OCC[N+](C)(C)C)NC(=O)CCCCCCCCCCCCCCCCCC/C=C\C/C=C\C/C=C\CCCCCCC. The van der Waals surface area contributed by atoms with Crippen LogP contribution in [0.2, 0.25) is 0 Å². The number of hydrogen-bond donors (Lipinski definition) is 3. The average molecular weight is 810 g/mol. The number of carbonyl (C=O) groups is 1. The van der Waals surface area contributed by atoms with Crippen LogP contribution in [0.15, 0.2) is 48.6 Å². The molecule has 1 amide bonds. The first-order chi connectivity index (χ1) is 27.0. The maximum Gasteiger partial charge on any atom is 0.472 e. The van der Waals surface area contributed by atoms with Gasteiger partial charge in [0.1, 0.15) is 13.2 Å². The number of amides is 1. The van der Waals surface area contributed by atoms with Gasteiger partial charge in [-0.15, -0.1) is 0 Å². The van der Waals surface area contributed by atoms with E-state index in [1.165, 1.54) is 128 Å². The summed E-state index contributed by atoms with van der Waals surface area (Å²) in [5.74, 6) is -0.190. The normalized spacial score (nSPS) is 14.8. The number of rotatable bonds is 41. The van der Waals surface area contributed by atoms with E-state index < -0.39 is 20.0 Å². The Labute approximate surface area is 346 Å². The molecule has 3 N–H and O–H groups in total. The number of nitrogens with zero attached hydrogens (tertiary/aromatic N) is 1. The fourth-order valence-corrected chi connectivity index (χ4v) is 7.08. The number of hydrogen-bond acceptors (Lipinski definition) is 5. The lowest BCUT2D eigenvalue weighted by Crippen LogP contribution is -2.45. The second kappa shape index (κ2) is 38.9. The maximum absolute atomic E-state index is 12.7. The Balaban J connectivity index is 3.79. The molecule has 0 spiro atoms. The summed E-state index contributed by atoms with van der Waals surface area (Å²) in [4.78, 5) is 22.8. The van der Waals surface area contributed by atoms with Gasteiger partial charge in [0.15, 0.2) is 0 Å². The molecule has 0 aromatic carbocycles. The second-order valence-electron chi connectivity index (χ2n) is 16.8. The minimum Gasteiger partial charge on any atom is -0.387 e. The van der Waals surface area contributed by atoms with Gasteiger partial charge in [-0.2, -0.15) is 0 Å². The van der Waals surface area contributed by atoms with Crippen molar-refractivity contribution in [2.24, 2.45) is 0 Å². The van der Waals surface area contributed by atoms with Crippen LogP contribution in [-0.4, -0.2) is 73.4 Å². The van der Waals surface area contributed by atoms with E-state index in [1.807, 2.05) is 34.1 Å². The van der Waals surface area contributed by atoms with Crippen LogP contribution < -0.4 is 5.32 Å². The van der Waals surface area contributed by atoms with Crippen LogP contribution in [0.5, 0.6) is 0 Å². The molecule has 9 heteroatoms. The third-order valence-electron chi connectivity index (χ3n) is 10.0. The number of unbranched alkanes of at least 4 members (excludes halogenated alkanes) is 22. The summed E-state index contributed by atoms with van der Waals surface area (Å²) in [6, 6.07) is -0.841. The molecular formula is C47H90N2O6P+. The topological polar surface area (TPSA) is 105 Å². The molecule has 0 aromatic heterocycles. The number of carbonyl (C=O) groups excluding carboxylic acids is 1. The molecule has 0 aliphatic rings. The lowest BCUT2D eigenvalue weighted by molar-refractivity contribution is -0.870. The lowest BCUT2D eigenvalue weighted by atomic mass is 10.0. The number of phosphoric ester groups is 1. The van der Waals surface area contributed by atoms with E-state index in [-0.39, 0.29) is 19.1 Å². The van der Waals surface area contributed by atoms with E-state index in [0.717, 1.165) is 44.9 Å². The molecule has 3 unspecified atom stereocenters. The predicted molar refractivity (Wildman–Crippen MR) is 240 cm³/mol. The highest BCUT2D eigenvalue weighted by atomic mass is 31.2. The molecule has 0 saturated heterocycles. The highest BCUT2D eigenvalue weighted by molar-refractivity contribution is 7.47. The summed E-state index contributed by atoms with van der Waals surface area (Å²) in [6.45, 7) is 4.58. The summed E-state index contributed by atoms with van der Waals surface area (Å²) >= 11 is 0. The quantitative estimate of drug-likeness (QED) is 0.0246. The number of allylic oxidation sites excluding steroid dienone is 7. The predicted octanol–water partition coefficient (Wildman–Crippen LogP) is 12.9. The molecule has 0 rings (SSSR count). The molecule has 0 saturated carbocycles. The Bertz CT molecular complexity index is 1050. The van der Waals surface area contributed by atoms with E-state index in [1.54, 1.807) is 6.08 Å². The van der Waals surface area contributed by atoms with Crippen LogP contribution in [-0.2, 0) is 18.4 Å². The summed E-state index contributed by atoms with van der Waals surface area (Å²) in [6.07, 6.45) is 50.1. The third kappa shape index (κ3) is 40.6. The maximum atomic E-state index is 12.7. The molecule has 8 nitrogen and oxygen atoms in total. The molecule has 0 heterocycles. The van der Waals surface area contributed by atoms with Crippen LogP contribution in [0.25, 0.3) is 0 Å². The second-order valence-corrected chi connectivity index (χ2v) is 18.2. The standard InChI is InChI=1S/C47H89N2O6P/c1-6-8-10-11-12-13-14-15-16-17-18-19-20-21-22-23-24-25-26-27-28-29-30-31-32-33-34-35-36-37-39-41-47(51)48-45(46(50)40-38-9-7-2)44-55-56(52,53)54-43-42-49(3,4)5/h14-15,17-18,20-21,38,40,45-46,50H,6-13,16,19,22-37,39,41-44H2,1-5H3,(H-,48,51,52,53)/p+1/b15-14-,18-17-,21-20-,40-38+. The molecule has 56 heavy (non-hydrogen) atoms. The van der Waals surface area contributed by atoms with E-state index >= 15 is 0 Å². The van der Waals surface area contributed by atoms with Gasteiger partial charge in [-0.25, -0.2) is 4.57 Å². The fourth-order valence-electron chi connectivity index (χ4n) is 6.35. The van der Waals surface area contributed by atoms with Crippen molar-refractivity contribution >= 4 is 13.7 Å². The minimum absolute atomic E-state index is 0.0592. The Kier molecular flexibility index (Phi) is 37.9. The van der Waals surface area contributed by atoms with Crippen molar-refractivity contribution in [3.05, 3.63) is 48.6 Å². The number of aliphatic hydroxyl groups is 1. The highest BCUT2D eigenvalue weighted by Gasteiger charge is 2.27. The molecule has 0 aliphatic carbocycles. The smallest absolute Gasteiger partial charge is 0.387 e. The van der Waals surface area contributed by atoms with Gasteiger partial charge in [0, 0.05) is 6.42 Å². The van der Waals surface area contributed by atoms with Gasteiger partial charge in [0.2, 0.25) is 5.91 Å². The van der Waals surface area contributed by atoms with Crippen molar-refractivity contribution in [2.45, 2.75) is 206 Å². The molecule has 328 valence electrons. The van der Waals surface area contributed by atoms with E-state index in [0.29, 0.717) is 17.4 Å². The molecule has 0 fully saturated rings. The number of likely N-dealkylation sites (N-methyl/N-ethyl adjacent to an activating group) is 1. The molecule has 0 radical (unpaired) electrons. The first-order valence-electron chi connectivity index (χ1n) is 23.0. The van der Waals surface area contributed by atoms with Crippen molar-refractivity contribution in [1.82, 2.24) is 5.32 Å². The van der Waals surface area contributed by atoms with Gasteiger partial charge in [-0.05, 0) is 51.4 Å². The minimum atomic E-state index is -4.31. The number of phosphoric acid groups is 1. The summed E-state index contributed by atoms with van der Waals surface area (Å²) < 4.78 is 23.2. The summed E-state index contributed by atoms with van der Waals surface area (Å²) in [7, 11) is 1.56. The van der Waals surface area contributed by atoms with Crippen LogP contribution >= 0.6 is 7.82 Å². The van der Waals surface area contributed by atoms with E-state index in [4.69, 9.17) is 9.05 Å². The van der Waals surface area contributed by atoms with Crippen LogP contribution in [0.1, 0.15) is 194 Å².